The number of halogens is 3. The Labute approximate surface area is 92.4 Å². The Morgan fingerprint density at radius 3 is 2.47 bits per heavy atom. The van der Waals surface area contributed by atoms with E-state index in [1.165, 1.54) is 6.07 Å². The van der Waals surface area contributed by atoms with Crippen LogP contribution in [-0.2, 0) is 0 Å². The van der Waals surface area contributed by atoms with Crippen LogP contribution in [0.2, 0.25) is 5.02 Å². The van der Waals surface area contributed by atoms with Crippen molar-refractivity contribution in [2.75, 3.05) is 7.05 Å². The lowest BCUT2D eigenvalue weighted by atomic mass is 10.0. The molecule has 0 heterocycles. The summed E-state index contributed by atoms with van der Waals surface area (Å²) in [5, 5.41) is 3.39. The van der Waals surface area contributed by atoms with Crippen molar-refractivity contribution in [3.8, 4) is 0 Å². The minimum atomic E-state index is -0.894. The van der Waals surface area contributed by atoms with Crippen LogP contribution in [0.25, 0.3) is 0 Å². The molecule has 1 fully saturated rings. The summed E-state index contributed by atoms with van der Waals surface area (Å²) in [6.45, 7) is 0. The second kappa shape index (κ2) is 4.06. The molecule has 1 atom stereocenters. The van der Waals surface area contributed by atoms with Crippen molar-refractivity contribution >= 4 is 11.6 Å². The van der Waals surface area contributed by atoms with Gasteiger partial charge in [-0.3, -0.25) is 0 Å². The highest BCUT2D eigenvalue weighted by Gasteiger charge is 2.32. The van der Waals surface area contributed by atoms with Crippen molar-refractivity contribution in [1.82, 2.24) is 5.32 Å². The Morgan fingerprint density at radius 1 is 1.33 bits per heavy atom. The van der Waals surface area contributed by atoms with Crippen LogP contribution in [0.4, 0.5) is 8.78 Å². The minimum absolute atomic E-state index is 0.0348. The molecule has 0 aromatic heterocycles. The van der Waals surface area contributed by atoms with Gasteiger partial charge >= 0.3 is 0 Å². The third kappa shape index (κ3) is 2.13. The van der Waals surface area contributed by atoms with Crippen LogP contribution < -0.4 is 5.32 Å². The maximum atomic E-state index is 13.1. The summed E-state index contributed by atoms with van der Waals surface area (Å²) in [5.41, 5.74) is 0.653. The maximum absolute atomic E-state index is 13.1. The summed E-state index contributed by atoms with van der Waals surface area (Å²) < 4.78 is 25.9. The third-order valence-electron chi connectivity index (χ3n) is 2.78. The summed E-state index contributed by atoms with van der Waals surface area (Å²) in [4.78, 5) is 0. The number of hydrogen-bond acceptors (Lipinski definition) is 1. The van der Waals surface area contributed by atoms with Gasteiger partial charge in [-0.05, 0) is 43.5 Å². The van der Waals surface area contributed by atoms with E-state index in [1.54, 1.807) is 7.05 Å². The van der Waals surface area contributed by atoms with E-state index >= 15 is 0 Å². The molecule has 0 radical (unpaired) electrons. The van der Waals surface area contributed by atoms with Crippen LogP contribution in [0.1, 0.15) is 24.4 Å². The highest BCUT2D eigenvalue weighted by Crippen LogP contribution is 2.42. The zero-order valence-electron chi connectivity index (χ0n) is 8.36. The van der Waals surface area contributed by atoms with Crippen molar-refractivity contribution in [1.29, 1.82) is 0 Å². The maximum Gasteiger partial charge on any atom is 0.160 e. The van der Waals surface area contributed by atoms with Gasteiger partial charge in [-0.2, -0.15) is 0 Å². The van der Waals surface area contributed by atoms with Gasteiger partial charge in [-0.15, -0.1) is 0 Å². The molecule has 1 aromatic carbocycles. The Kier molecular flexibility index (Phi) is 2.94. The lowest BCUT2D eigenvalue weighted by Gasteiger charge is -2.17. The van der Waals surface area contributed by atoms with Gasteiger partial charge < -0.3 is 5.32 Å². The molecule has 0 saturated heterocycles. The largest absolute Gasteiger partial charge is 0.313 e. The average molecular weight is 232 g/mol. The molecule has 1 nitrogen and oxygen atoms in total. The molecule has 1 aliphatic carbocycles. The van der Waals surface area contributed by atoms with E-state index in [2.05, 4.69) is 5.32 Å². The molecule has 0 bridgehead atoms. The molecule has 82 valence electrons. The fourth-order valence-corrected chi connectivity index (χ4v) is 2.12. The lowest BCUT2D eigenvalue weighted by molar-refractivity contribution is 0.491. The van der Waals surface area contributed by atoms with Gasteiger partial charge in [0.15, 0.2) is 11.6 Å². The Balaban J connectivity index is 2.37. The number of rotatable bonds is 3. The van der Waals surface area contributed by atoms with E-state index in [1.807, 2.05) is 0 Å². The topological polar surface area (TPSA) is 12.0 Å². The molecule has 1 saturated carbocycles. The van der Waals surface area contributed by atoms with Gasteiger partial charge in [-0.25, -0.2) is 8.78 Å². The van der Waals surface area contributed by atoms with Crippen molar-refractivity contribution in [3.63, 3.8) is 0 Å². The predicted octanol–water partition coefficient (Wildman–Crippen LogP) is 3.29. The van der Waals surface area contributed by atoms with Crippen LogP contribution in [0.5, 0.6) is 0 Å². The molecular formula is C11H12ClF2N. The molecule has 4 heteroatoms. The second-order valence-corrected chi connectivity index (χ2v) is 4.30. The quantitative estimate of drug-likeness (QED) is 0.788. The molecule has 2 rings (SSSR count). The highest BCUT2D eigenvalue weighted by molar-refractivity contribution is 6.31. The molecule has 1 unspecified atom stereocenters. The first-order valence-corrected chi connectivity index (χ1v) is 5.33. The molecule has 1 aliphatic rings. The van der Waals surface area contributed by atoms with E-state index in [0.29, 0.717) is 16.5 Å². The normalized spacial score (nSPS) is 17.9. The van der Waals surface area contributed by atoms with E-state index in [0.717, 1.165) is 18.9 Å². The smallest absolute Gasteiger partial charge is 0.160 e. The summed E-state index contributed by atoms with van der Waals surface area (Å²) in [6.07, 6.45) is 2.22. The first kappa shape index (κ1) is 10.8. The van der Waals surface area contributed by atoms with E-state index in [9.17, 15) is 8.78 Å². The Bertz CT molecular complexity index is 377. The highest BCUT2D eigenvalue weighted by atomic mass is 35.5. The van der Waals surface area contributed by atoms with Crippen LogP contribution >= 0.6 is 11.6 Å². The van der Waals surface area contributed by atoms with Gasteiger partial charge in [0.1, 0.15) is 0 Å². The third-order valence-corrected chi connectivity index (χ3v) is 3.11. The van der Waals surface area contributed by atoms with Crippen LogP contribution in [-0.4, -0.2) is 7.05 Å². The molecule has 1 aromatic rings. The Hall–Kier alpha value is -0.670. The zero-order chi connectivity index (χ0) is 11.0. The average Bonchev–Trinajstić information content (AvgIpc) is 2.99. The summed E-state index contributed by atoms with van der Waals surface area (Å²) in [6, 6.07) is 2.27. The van der Waals surface area contributed by atoms with Gasteiger partial charge in [-0.1, -0.05) is 11.6 Å². The van der Waals surface area contributed by atoms with Crippen LogP contribution in [0, 0.1) is 17.6 Å². The molecule has 1 N–H and O–H groups in total. The lowest BCUT2D eigenvalue weighted by Crippen LogP contribution is -2.19. The molecule has 15 heavy (non-hydrogen) atoms. The second-order valence-electron chi connectivity index (χ2n) is 3.89. The fraction of sp³-hybridized carbons (Fsp3) is 0.455. The number of benzene rings is 1. The summed E-state index contributed by atoms with van der Waals surface area (Å²) in [7, 11) is 1.81. The number of nitrogens with one attached hydrogen (secondary N) is 1. The monoisotopic (exact) mass is 231 g/mol. The Morgan fingerprint density at radius 2 is 1.93 bits per heavy atom. The van der Waals surface area contributed by atoms with Crippen molar-refractivity contribution < 1.29 is 8.78 Å². The fourth-order valence-electron chi connectivity index (χ4n) is 1.85. The first-order valence-electron chi connectivity index (χ1n) is 4.95. The van der Waals surface area contributed by atoms with Crippen molar-refractivity contribution in [3.05, 3.63) is 34.4 Å². The van der Waals surface area contributed by atoms with Gasteiger partial charge in [0.25, 0.3) is 0 Å². The number of hydrogen-bond donors (Lipinski definition) is 1. The molecule has 0 amide bonds. The van der Waals surface area contributed by atoms with E-state index in [-0.39, 0.29) is 6.04 Å². The van der Waals surface area contributed by atoms with Crippen molar-refractivity contribution in [2.45, 2.75) is 18.9 Å². The van der Waals surface area contributed by atoms with Gasteiger partial charge in [0.2, 0.25) is 0 Å². The van der Waals surface area contributed by atoms with E-state index < -0.39 is 11.6 Å². The zero-order valence-corrected chi connectivity index (χ0v) is 9.11. The van der Waals surface area contributed by atoms with E-state index in [4.69, 9.17) is 11.6 Å². The van der Waals surface area contributed by atoms with Gasteiger partial charge in [0.05, 0.1) is 0 Å². The standard InChI is InChI=1S/C11H12ClF2N/c1-15-11(6-2-3-6)7-4-9(13)10(14)5-8(7)12/h4-6,11,15H,2-3H2,1H3. The molecular weight excluding hydrogens is 220 g/mol. The van der Waals surface area contributed by atoms with Crippen molar-refractivity contribution in [2.24, 2.45) is 5.92 Å². The molecule has 0 aliphatic heterocycles. The summed E-state index contributed by atoms with van der Waals surface area (Å²) >= 11 is 5.90. The van der Waals surface area contributed by atoms with Crippen LogP contribution in [0.15, 0.2) is 12.1 Å². The predicted molar refractivity (Wildman–Crippen MR) is 55.9 cm³/mol. The first-order chi connectivity index (χ1) is 7.13. The minimum Gasteiger partial charge on any atom is -0.313 e. The molecule has 0 spiro atoms. The SMILES string of the molecule is CNC(c1cc(F)c(F)cc1Cl)C1CC1. The van der Waals surface area contributed by atoms with Crippen LogP contribution in [0.3, 0.4) is 0 Å². The van der Waals surface area contributed by atoms with Gasteiger partial charge in [0, 0.05) is 11.1 Å². The summed E-state index contributed by atoms with van der Waals surface area (Å²) in [5.74, 6) is -1.23.